The molecule has 0 spiro atoms. The summed E-state index contributed by atoms with van der Waals surface area (Å²) in [4.78, 5) is 29.9. The van der Waals surface area contributed by atoms with Crippen LogP contribution in [0.4, 0.5) is 5.69 Å². The molecule has 2 aromatic carbocycles. The van der Waals surface area contributed by atoms with Crippen molar-refractivity contribution in [2.45, 2.75) is 26.4 Å². The van der Waals surface area contributed by atoms with Crippen molar-refractivity contribution in [3.63, 3.8) is 0 Å². The third-order valence-corrected chi connectivity index (χ3v) is 5.24. The van der Waals surface area contributed by atoms with E-state index in [0.29, 0.717) is 34.1 Å². The normalized spacial score (nSPS) is 11.3. The summed E-state index contributed by atoms with van der Waals surface area (Å²) in [6, 6.07) is 11.3. The Morgan fingerprint density at radius 3 is 2.55 bits per heavy atom. The minimum absolute atomic E-state index is 0.155. The lowest BCUT2D eigenvalue weighted by atomic mass is 10.2. The number of nitrogens with one attached hydrogen (secondary N) is 1. The highest BCUT2D eigenvalue weighted by Gasteiger charge is 2.14. The molecule has 0 aliphatic heterocycles. The van der Waals surface area contributed by atoms with Gasteiger partial charge in [-0.3, -0.25) is 14.2 Å². The topological polar surface area (TPSA) is 87.4 Å². The van der Waals surface area contributed by atoms with Gasteiger partial charge in [0.25, 0.3) is 5.56 Å². The second-order valence-electron chi connectivity index (χ2n) is 7.51. The summed E-state index contributed by atoms with van der Waals surface area (Å²) in [5.41, 5.74) is 1.89. The lowest BCUT2D eigenvalue weighted by Crippen LogP contribution is -2.28. The van der Waals surface area contributed by atoms with Crippen molar-refractivity contribution >= 4 is 33.4 Å². The number of rotatable bonds is 6. The van der Waals surface area contributed by atoms with Crippen LogP contribution in [0.2, 0.25) is 0 Å². The van der Waals surface area contributed by atoms with Crippen LogP contribution in [0.15, 0.2) is 53.7 Å². The molecule has 0 saturated carbocycles. The molecule has 8 heteroatoms. The Morgan fingerprint density at radius 1 is 1.10 bits per heavy atom. The lowest BCUT2D eigenvalue weighted by molar-refractivity contribution is -0.116. The molecule has 2 aromatic heterocycles. The van der Waals surface area contributed by atoms with Crippen molar-refractivity contribution in [2.75, 3.05) is 19.5 Å². The van der Waals surface area contributed by atoms with Gasteiger partial charge < -0.3 is 19.4 Å². The Morgan fingerprint density at radius 2 is 1.84 bits per heavy atom. The molecule has 2 heterocycles. The van der Waals surface area contributed by atoms with E-state index in [1.165, 1.54) is 25.1 Å². The molecule has 31 heavy (non-hydrogen) atoms. The summed E-state index contributed by atoms with van der Waals surface area (Å²) in [5, 5.41) is 4.22. The van der Waals surface area contributed by atoms with E-state index in [-0.39, 0.29) is 18.0 Å². The number of anilines is 1. The summed E-state index contributed by atoms with van der Waals surface area (Å²) in [6.07, 6.45) is 3.37. The van der Waals surface area contributed by atoms with Crippen molar-refractivity contribution < 1.29 is 14.3 Å². The molecule has 1 amide bonds. The molecule has 0 bridgehead atoms. The lowest BCUT2D eigenvalue weighted by Gasteiger charge is -2.12. The standard InChI is InChI=1S/C23H24N4O4/c1-14(2)27-9-8-15-17(6-5-7-19(15)27)25-22(28)12-26-13-24-18-11-21(31-4)20(30-3)10-16(18)23(26)29/h5-11,13-14H,12H2,1-4H3,(H,25,28). The fourth-order valence-electron chi connectivity index (χ4n) is 3.69. The molecule has 4 rings (SSSR count). The van der Waals surface area contributed by atoms with Gasteiger partial charge in [-0.2, -0.15) is 0 Å². The van der Waals surface area contributed by atoms with Gasteiger partial charge in [0.15, 0.2) is 11.5 Å². The molecular formula is C23H24N4O4. The van der Waals surface area contributed by atoms with Gasteiger partial charge in [-0.1, -0.05) is 6.07 Å². The summed E-state index contributed by atoms with van der Waals surface area (Å²) in [5.74, 6) is 0.602. The summed E-state index contributed by atoms with van der Waals surface area (Å²) in [6.45, 7) is 4.06. The van der Waals surface area contributed by atoms with Crippen LogP contribution in [-0.4, -0.2) is 34.2 Å². The van der Waals surface area contributed by atoms with Crippen LogP contribution >= 0.6 is 0 Å². The maximum atomic E-state index is 12.9. The Bertz CT molecular complexity index is 1340. The van der Waals surface area contributed by atoms with Crippen molar-refractivity contribution in [1.29, 1.82) is 0 Å². The van der Waals surface area contributed by atoms with Gasteiger partial charge in [0.2, 0.25) is 5.91 Å². The minimum Gasteiger partial charge on any atom is -0.493 e. The van der Waals surface area contributed by atoms with Crippen LogP contribution in [0.3, 0.4) is 0 Å². The molecule has 1 N–H and O–H groups in total. The first kappa shape index (κ1) is 20.5. The molecule has 0 fully saturated rings. The number of aromatic nitrogens is 3. The monoisotopic (exact) mass is 420 g/mol. The minimum atomic E-state index is -0.328. The van der Waals surface area contributed by atoms with E-state index in [0.717, 1.165) is 10.9 Å². The Balaban J connectivity index is 1.63. The van der Waals surface area contributed by atoms with E-state index in [1.54, 1.807) is 12.1 Å². The number of methoxy groups -OCH3 is 2. The van der Waals surface area contributed by atoms with Gasteiger partial charge in [-0.05, 0) is 38.1 Å². The molecule has 0 aliphatic carbocycles. The van der Waals surface area contributed by atoms with E-state index in [9.17, 15) is 9.59 Å². The molecular weight excluding hydrogens is 396 g/mol. The van der Waals surface area contributed by atoms with Gasteiger partial charge in [0, 0.05) is 23.7 Å². The highest BCUT2D eigenvalue weighted by Crippen LogP contribution is 2.30. The molecule has 160 valence electrons. The quantitative estimate of drug-likeness (QED) is 0.515. The largest absolute Gasteiger partial charge is 0.493 e. The highest BCUT2D eigenvalue weighted by molar-refractivity contribution is 6.01. The number of nitrogens with zero attached hydrogens (tertiary/aromatic N) is 3. The van der Waals surface area contributed by atoms with Crippen molar-refractivity contribution in [3.05, 3.63) is 59.3 Å². The number of hydrogen-bond acceptors (Lipinski definition) is 5. The predicted molar refractivity (Wildman–Crippen MR) is 120 cm³/mol. The van der Waals surface area contributed by atoms with E-state index in [2.05, 4.69) is 28.7 Å². The van der Waals surface area contributed by atoms with Gasteiger partial charge in [-0.15, -0.1) is 0 Å². The van der Waals surface area contributed by atoms with Crippen molar-refractivity contribution in [2.24, 2.45) is 0 Å². The molecule has 0 saturated heterocycles. The van der Waals surface area contributed by atoms with E-state index in [4.69, 9.17) is 9.47 Å². The van der Waals surface area contributed by atoms with Crippen LogP contribution in [-0.2, 0) is 11.3 Å². The van der Waals surface area contributed by atoms with Crippen LogP contribution in [0, 0.1) is 0 Å². The zero-order valence-electron chi connectivity index (χ0n) is 17.9. The second kappa shape index (κ2) is 8.14. The Kier molecular flexibility index (Phi) is 5.37. The molecule has 0 unspecified atom stereocenters. The number of carbonyl (C=O) groups excluding carboxylic acids is 1. The number of carbonyl (C=O) groups is 1. The van der Waals surface area contributed by atoms with Crippen molar-refractivity contribution in [1.82, 2.24) is 14.1 Å². The van der Waals surface area contributed by atoms with Crippen LogP contribution in [0.25, 0.3) is 21.8 Å². The van der Waals surface area contributed by atoms with Crippen LogP contribution in [0.1, 0.15) is 19.9 Å². The fraction of sp³-hybridized carbons (Fsp3) is 0.261. The molecule has 0 radical (unpaired) electrons. The first-order chi connectivity index (χ1) is 14.9. The maximum absolute atomic E-state index is 12.9. The Labute approximate surface area is 179 Å². The average molecular weight is 420 g/mol. The van der Waals surface area contributed by atoms with Crippen LogP contribution < -0.4 is 20.3 Å². The predicted octanol–water partition coefficient (Wildman–Crippen LogP) is 3.59. The maximum Gasteiger partial charge on any atom is 0.261 e. The third kappa shape index (κ3) is 3.72. The number of benzene rings is 2. The SMILES string of the molecule is COc1cc2ncn(CC(=O)Nc3cccc4c3ccn4C(C)C)c(=O)c2cc1OC. The highest BCUT2D eigenvalue weighted by atomic mass is 16.5. The zero-order valence-corrected chi connectivity index (χ0v) is 17.9. The van der Waals surface area contributed by atoms with E-state index < -0.39 is 0 Å². The summed E-state index contributed by atoms with van der Waals surface area (Å²) < 4.78 is 14.0. The fourth-order valence-corrected chi connectivity index (χ4v) is 3.69. The smallest absolute Gasteiger partial charge is 0.261 e. The first-order valence-electron chi connectivity index (χ1n) is 9.93. The van der Waals surface area contributed by atoms with E-state index >= 15 is 0 Å². The summed E-state index contributed by atoms with van der Waals surface area (Å²) >= 11 is 0. The van der Waals surface area contributed by atoms with Gasteiger partial charge in [0.1, 0.15) is 6.54 Å². The number of amides is 1. The number of hydrogen-bond donors (Lipinski definition) is 1. The second-order valence-corrected chi connectivity index (χ2v) is 7.51. The third-order valence-electron chi connectivity index (χ3n) is 5.24. The zero-order chi connectivity index (χ0) is 22.1. The van der Waals surface area contributed by atoms with Crippen LogP contribution in [0.5, 0.6) is 11.5 Å². The summed E-state index contributed by atoms with van der Waals surface area (Å²) in [7, 11) is 3.02. The Hall–Kier alpha value is -3.81. The number of ether oxygens (including phenoxy) is 2. The van der Waals surface area contributed by atoms with Gasteiger partial charge >= 0.3 is 0 Å². The molecule has 4 aromatic rings. The van der Waals surface area contributed by atoms with Crippen molar-refractivity contribution in [3.8, 4) is 11.5 Å². The molecule has 0 atom stereocenters. The molecule has 0 aliphatic rings. The van der Waals surface area contributed by atoms with Gasteiger partial charge in [0.05, 0.1) is 42.7 Å². The number of fused-ring (bicyclic) bond motifs is 2. The molecule has 8 nitrogen and oxygen atoms in total. The van der Waals surface area contributed by atoms with Gasteiger partial charge in [-0.25, -0.2) is 4.98 Å². The first-order valence-corrected chi connectivity index (χ1v) is 9.93. The van der Waals surface area contributed by atoms with E-state index in [1.807, 2.05) is 30.5 Å². The average Bonchev–Trinajstić information content (AvgIpc) is 3.20.